The molecular formula is C13H21Cl2N5O. The molecule has 0 spiro atoms. The zero-order chi connectivity index (χ0) is 14.0. The molecule has 2 heterocycles. The van der Waals surface area contributed by atoms with Crippen LogP contribution in [-0.4, -0.2) is 33.8 Å². The lowest BCUT2D eigenvalue weighted by Crippen LogP contribution is -2.31. The van der Waals surface area contributed by atoms with E-state index in [4.69, 9.17) is 5.73 Å². The fourth-order valence-electron chi connectivity index (χ4n) is 1.88. The molecule has 2 aromatic rings. The number of halogens is 2. The van der Waals surface area contributed by atoms with Crippen LogP contribution in [0, 0.1) is 12.8 Å². The number of nitrogens with one attached hydrogen (secondary N) is 1. The molecule has 0 saturated carbocycles. The van der Waals surface area contributed by atoms with Crippen molar-refractivity contribution < 1.29 is 4.79 Å². The molecule has 0 saturated heterocycles. The van der Waals surface area contributed by atoms with Gasteiger partial charge in [0.2, 0.25) is 0 Å². The zero-order valence-electron chi connectivity index (χ0n) is 12.3. The monoisotopic (exact) mass is 333 g/mol. The second kappa shape index (κ2) is 8.17. The fourth-order valence-corrected chi connectivity index (χ4v) is 1.88. The third kappa shape index (κ3) is 4.30. The largest absolute Gasteiger partial charge is 0.352 e. The number of fused-ring (bicyclic) bond motifs is 1. The SMILES string of the molecule is Cc1nn(C)c2ncc(C(=O)NCC(C)CN)cc12.Cl.Cl. The summed E-state index contributed by atoms with van der Waals surface area (Å²) in [5.41, 5.74) is 7.72. The molecule has 0 aliphatic rings. The first-order valence-electron chi connectivity index (χ1n) is 6.30. The Morgan fingerprint density at radius 3 is 2.76 bits per heavy atom. The Bertz CT molecular complexity index is 614. The lowest BCUT2D eigenvalue weighted by molar-refractivity contribution is 0.0948. The number of pyridine rings is 1. The summed E-state index contributed by atoms with van der Waals surface area (Å²) in [7, 11) is 1.84. The number of rotatable bonds is 4. The molecule has 6 nitrogen and oxygen atoms in total. The number of aryl methyl sites for hydroxylation is 2. The minimum atomic E-state index is -0.127. The smallest absolute Gasteiger partial charge is 0.252 e. The van der Waals surface area contributed by atoms with Gasteiger partial charge >= 0.3 is 0 Å². The van der Waals surface area contributed by atoms with Crippen LogP contribution in [0.3, 0.4) is 0 Å². The van der Waals surface area contributed by atoms with E-state index in [1.54, 1.807) is 10.9 Å². The highest BCUT2D eigenvalue weighted by Crippen LogP contribution is 2.16. The van der Waals surface area contributed by atoms with Gasteiger partial charge in [-0.2, -0.15) is 5.10 Å². The van der Waals surface area contributed by atoms with Crippen molar-refractivity contribution in [1.82, 2.24) is 20.1 Å². The van der Waals surface area contributed by atoms with Crippen molar-refractivity contribution in [2.75, 3.05) is 13.1 Å². The molecule has 1 amide bonds. The summed E-state index contributed by atoms with van der Waals surface area (Å²) < 4.78 is 1.71. The average molecular weight is 334 g/mol. The van der Waals surface area contributed by atoms with E-state index in [0.29, 0.717) is 18.7 Å². The van der Waals surface area contributed by atoms with Gasteiger partial charge in [0.15, 0.2) is 5.65 Å². The summed E-state index contributed by atoms with van der Waals surface area (Å²) in [5, 5.41) is 8.04. The Morgan fingerprint density at radius 1 is 1.48 bits per heavy atom. The molecule has 2 rings (SSSR count). The van der Waals surface area contributed by atoms with Crippen molar-refractivity contribution in [2.24, 2.45) is 18.7 Å². The summed E-state index contributed by atoms with van der Waals surface area (Å²) in [5.74, 6) is 0.138. The third-order valence-electron chi connectivity index (χ3n) is 3.14. The number of carbonyl (C=O) groups is 1. The highest BCUT2D eigenvalue weighted by Gasteiger charge is 2.12. The average Bonchev–Trinajstić information content (AvgIpc) is 2.70. The van der Waals surface area contributed by atoms with E-state index in [9.17, 15) is 4.79 Å². The summed E-state index contributed by atoms with van der Waals surface area (Å²) in [6, 6.07) is 1.83. The van der Waals surface area contributed by atoms with Crippen LogP contribution in [0.2, 0.25) is 0 Å². The van der Waals surface area contributed by atoms with Gasteiger partial charge < -0.3 is 11.1 Å². The van der Waals surface area contributed by atoms with Crippen LogP contribution in [-0.2, 0) is 7.05 Å². The Kier molecular flexibility index (Phi) is 7.63. The van der Waals surface area contributed by atoms with Crippen LogP contribution in [0.25, 0.3) is 11.0 Å². The van der Waals surface area contributed by atoms with Gasteiger partial charge in [-0.15, -0.1) is 24.8 Å². The molecule has 1 unspecified atom stereocenters. The summed E-state index contributed by atoms with van der Waals surface area (Å²) in [6.07, 6.45) is 1.58. The van der Waals surface area contributed by atoms with E-state index in [1.165, 1.54) is 0 Å². The lowest BCUT2D eigenvalue weighted by atomic mass is 10.1. The standard InChI is InChI=1S/C13H19N5O.2ClH/c1-8(5-14)6-16-13(19)10-4-11-9(2)17-18(3)12(11)15-7-10;;/h4,7-8H,5-6,14H2,1-3H3,(H,16,19);2*1H. The van der Waals surface area contributed by atoms with Crippen molar-refractivity contribution in [3.8, 4) is 0 Å². The van der Waals surface area contributed by atoms with Crippen molar-refractivity contribution in [1.29, 1.82) is 0 Å². The minimum absolute atomic E-state index is 0. The van der Waals surface area contributed by atoms with E-state index in [1.807, 2.05) is 27.0 Å². The van der Waals surface area contributed by atoms with Crippen LogP contribution in [0.15, 0.2) is 12.3 Å². The normalized spacial score (nSPS) is 11.4. The number of aromatic nitrogens is 3. The molecule has 2 aromatic heterocycles. The van der Waals surface area contributed by atoms with Gasteiger partial charge in [0.1, 0.15) is 0 Å². The van der Waals surface area contributed by atoms with Crippen molar-refractivity contribution in [3.05, 3.63) is 23.5 Å². The quantitative estimate of drug-likeness (QED) is 0.886. The van der Waals surface area contributed by atoms with Gasteiger partial charge in [0.05, 0.1) is 11.3 Å². The molecule has 0 bridgehead atoms. The second-order valence-corrected chi connectivity index (χ2v) is 4.86. The molecule has 0 aliphatic carbocycles. The maximum Gasteiger partial charge on any atom is 0.252 e. The number of carbonyl (C=O) groups excluding carboxylic acids is 1. The Hall–Kier alpha value is -1.37. The van der Waals surface area contributed by atoms with Crippen LogP contribution in [0.5, 0.6) is 0 Å². The van der Waals surface area contributed by atoms with Crippen LogP contribution < -0.4 is 11.1 Å². The van der Waals surface area contributed by atoms with Crippen LogP contribution >= 0.6 is 24.8 Å². The van der Waals surface area contributed by atoms with Crippen LogP contribution in [0.1, 0.15) is 23.0 Å². The van der Waals surface area contributed by atoms with E-state index < -0.39 is 0 Å². The predicted octanol–water partition coefficient (Wildman–Crippen LogP) is 1.44. The van der Waals surface area contributed by atoms with E-state index >= 15 is 0 Å². The Morgan fingerprint density at radius 2 is 2.14 bits per heavy atom. The Balaban J connectivity index is 0.00000200. The first kappa shape index (κ1) is 19.6. The van der Waals surface area contributed by atoms with Gasteiger partial charge in [0, 0.05) is 25.2 Å². The lowest BCUT2D eigenvalue weighted by Gasteiger charge is -2.09. The molecule has 3 N–H and O–H groups in total. The van der Waals surface area contributed by atoms with Gasteiger partial charge in [0.25, 0.3) is 5.91 Å². The number of hydrogen-bond donors (Lipinski definition) is 2. The molecular weight excluding hydrogens is 313 g/mol. The van der Waals surface area contributed by atoms with Crippen molar-refractivity contribution in [2.45, 2.75) is 13.8 Å². The predicted molar refractivity (Wildman–Crippen MR) is 88.3 cm³/mol. The van der Waals surface area contributed by atoms with Crippen molar-refractivity contribution >= 4 is 41.8 Å². The number of hydrogen-bond acceptors (Lipinski definition) is 4. The molecule has 0 radical (unpaired) electrons. The number of nitrogens with zero attached hydrogens (tertiary/aromatic N) is 3. The first-order chi connectivity index (χ1) is 9.02. The van der Waals surface area contributed by atoms with Gasteiger partial charge in [-0.25, -0.2) is 4.98 Å². The fraction of sp³-hybridized carbons (Fsp3) is 0.462. The first-order valence-corrected chi connectivity index (χ1v) is 6.30. The topological polar surface area (TPSA) is 85.8 Å². The molecule has 0 aromatic carbocycles. The molecule has 118 valence electrons. The Labute approximate surface area is 136 Å². The van der Waals surface area contributed by atoms with Crippen molar-refractivity contribution in [3.63, 3.8) is 0 Å². The zero-order valence-corrected chi connectivity index (χ0v) is 13.9. The van der Waals surface area contributed by atoms with E-state index in [-0.39, 0.29) is 36.6 Å². The maximum absolute atomic E-state index is 12.0. The highest BCUT2D eigenvalue weighted by molar-refractivity contribution is 5.97. The van der Waals surface area contributed by atoms with Gasteiger partial charge in [-0.3, -0.25) is 9.48 Å². The molecule has 0 fully saturated rings. The van der Waals surface area contributed by atoms with Gasteiger partial charge in [-0.05, 0) is 25.5 Å². The second-order valence-electron chi connectivity index (χ2n) is 4.86. The summed E-state index contributed by atoms with van der Waals surface area (Å²) in [4.78, 5) is 16.3. The van der Waals surface area contributed by atoms with E-state index in [2.05, 4.69) is 15.4 Å². The molecule has 0 aliphatic heterocycles. The molecule has 21 heavy (non-hydrogen) atoms. The minimum Gasteiger partial charge on any atom is -0.352 e. The molecule has 8 heteroatoms. The number of amides is 1. The summed E-state index contributed by atoms with van der Waals surface area (Å²) in [6.45, 7) is 5.02. The van der Waals surface area contributed by atoms with Gasteiger partial charge in [-0.1, -0.05) is 6.92 Å². The third-order valence-corrected chi connectivity index (χ3v) is 3.14. The van der Waals surface area contributed by atoms with E-state index in [0.717, 1.165) is 16.7 Å². The highest BCUT2D eigenvalue weighted by atomic mass is 35.5. The molecule has 1 atom stereocenters. The van der Waals surface area contributed by atoms with Crippen LogP contribution in [0.4, 0.5) is 0 Å². The number of nitrogens with two attached hydrogens (primary N) is 1. The summed E-state index contributed by atoms with van der Waals surface area (Å²) >= 11 is 0. The maximum atomic E-state index is 12.0.